The number of carbonyl (C=O) groups is 1. The van der Waals surface area contributed by atoms with Crippen molar-refractivity contribution in [2.75, 3.05) is 18.1 Å². The topological polar surface area (TPSA) is 53.3 Å². The number of para-hydroxylation sites is 1. The van der Waals surface area contributed by atoms with Gasteiger partial charge in [0.05, 0.1) is 12.5 Å². The number of hydrogen-bond acceptors (Lipinski definition) is 3. The molecule has 2 aromatic rings. The lowest BCUT2D eigenvalue weighted by atomic mass is 10.2. The molecule has 6 heteroatoms. The summed E-state index contributed by atoms with van der Waals surface area (Å²) < 4.78 is 31.4. The van der Waals surface area contributed by atoms with E-state index in [9.17, 15) is 13.6 Å². The third-order valence-electron chi connectivity index (χ3n) is 3.06. The quantitative estimate of drug-likeness (QED) is 0.822. The van der Waals surface area contributed by atoms with Gasteiger partial charge in [0.2, 0.25) is 0 Å². The number of benzene rings is 2. The summed E-state index contributed by atoms with van der Waals surface area (Å²) in [7, 11) is 0. The summed E-state index contributed by atoms with van der Waals surface area (Å²) in [6.45, 7) is -0.211. The maximum Gasteiger partial charge on any atom is 0.264 e. The number of rotatable bonds is 6. The zero-order valence-corrected chi connectivity index (χ0v) is 12.2. The van der Waals surface area contributed by atoms with Crippen LogP contribution in [0.4, 0.5) is 14.5 Å². The van der Waals surface area contributed by atoms with Gasteiger partial charge in [0.25, 0.3) is 5.91 Å². The van der Waals surface area contributed by atoms with Crippen molar-refractivity contribution in [2.24, 2.45) is 0 Å². The van der Waals surface area contributed by atoms with Crippen LogP contribution in [0.15, 0.2) is 48.5 Å². The molecule has 0 saturated heterocycles. The molecule has 0 aromatic heterocycles. The molecule has 0 unspecified atom stereocenters. The van der Waals surface area contributed by atoms with Crippen LogP contribution in [0.2, 0.25) is 0 Å². The van der Waals surface area contributed by atoms with E-state index in [1.165, 1.54) is 4.90 Å². The van der Waals surface area contributed by atoms with Gasteiger partial charge in [-0.15, -0.1) is 0 Å². The van der Waals surface area contributed by atoms with E-state index in [-0.39, 0.29) is 18.7 Å². The molecular weight excluding hydrogens is 302 g/mol. The highest BCUT2D eigenvalue weighted by atomic mass is 19.1. The Balaban J connectivity index is 2.07. The molecule has 1 amide bonds. The Bertz CT molecular complexity index is 714. The molecule has 0 bridgehead atoms. The first-order chi connectivity index (χ1) is 11.1. The molecule has 0 radical (unpaired) electrons. The van der Waals surface area contributed by atoms with E-state index >= 15 is 0 Å². The Labute approximate surface area is 132 Å². The predicted octanol–water partition coefficient (Wildman–Crippen LogP) is 3.29. The molecule has 2 aromatic carbocycles. The van der Waals surface area contributed by atoms with Crippen LogP contribution < -0.4 is 9.64 Å². The van der Waals surface area contributed by atoms with Crippen LogP contribution in [0.25, 0.3) is 0 Å². The largest absolute Gasteiger partial charge is 0.481 e. The van der Waals surface area contributed by atoms with Crippen molar-refractivity contribution in [3.05, 3.63) is 60.2 Å². The van der Waals surface area contributed by atoms with E-state index in [1.807, 2.05) is 6.07 Å². The Morgan fingerprint density at radius 3 is 2.57 bits per heavy atom. The van der Waals surface area contributed by atoms with Crippen molar-refractivity contribution in [3.63, 3.8) is 0 Å². The molecule has 0 aliphatic carbocycles. The van der Waals surface area contributed by atoms with Crippen LogP contribution in [0.3, 0.4) is 0 Å². The lowest BCUT2D eigenvalue weighted by Crippen LogP contribution is -2.35. The number of nitriles is 1. The Kier molecular flexibility index (Phi) is 5.64. The fourth-order valence-electron chi connectivity index (χ4n) is 1.98. The standard InChI is InChI=1S/C17H14F2N2O2/c18-13-7-8-16(15(19)11-13)23-12-17(22)21(10-4-9-20)14-5-2-1-3-6-14/h1-3,5-8,11H,4,10,12H2. The van der Waals surface area contributed by atoms with Gasteiger partial charge in [0, 0.05) is 18.3 Å². The SMILES string of the molecule is N#CCCN(C(=O)COc1ccc(F)cc1F)c1ccccc1. The van der Waals surface area contributed by atoms with Gasteiger partial charge in [-0.3, -0.25) is 4.79 Å². The number of carbonyl (C=O) groups excluding carboxylic acids is 1. The molecule has 118 valence electrons. The van der Waals surface area contributed by atoms with Gasteiger partial charge >= 0.3 is 0 Å². The van der Waals surface area contributed by atoms with Crippen LogP contribution >= 0.6 is 0 Å². The highest BCUT2D eigenvalue weighted by molar-refractivity contribution is 5.94. The van der Waals surface area contributed by atoms with E-state index in [4.69, 9.17) is 10.00 Å². The molecule has 0 aliphatic heterocycles. The molecule has 23 heavy (non-hydrogen) atoms. The maximum atomic E-state index is 13.5. The smallest absolute Gasteiger partial charge is 0.264 e. The third-order valence-corrected chi connectivity index (χ3v) is 3.06. The molecule has 0 N–H and O–H groups in total. The van der Waals surface area contributed by atoms with Crippen LogP contribution in [0.5, 0.6) is 5.75 Å². The summed E-state index contributed by atoms with van der Waals surface area (Å²) in [5.74, 6) is -2.22. The van der Waals surface area contributed by atoms with Crippen molar-refractivity contribution >= 4 is 11.6 Å². The lowest BCUT2D eigenvalue weighted by Gasteiger charge is -2.21. The summed E-state index contributed by atoms with van der Waals surface area (Å²) in [5.41, 5.74) is 0.621. The van der Waals surface area contributed by atoms with Gasteiger partial charge in [0.1, 0.15) is 5.82 Å². The summed E-state index contributed by atoms with van der Waals surface area (Å²) in [6.07, 6.45) is 0.158. The Hall–Kier alpha value is -2.94. The monoisotopic (exact) mass is 316 g/mol. The maximum absolute atomic E-state index is 13.5. The molecule has 2 rings (SSSR count). The number of anilines is 1. The first kappa shape index (κ1) is 16.4. The zero-order valence-electron chi connectivity index (χ0n) is 12.2. The van der Waals surface area contributed by atoms with E-state index in [2.05, 4.69) is 0 Å². The number of nitrogens with zero attached hydrogens (tertiary/aromatic N) is 2. The minimum Gasteiger partial charge on any atom is -0.481 e. The average molecular weight is 316 g/mol. The molecule has 0 heterocycles. The average Bonchev–Trinajstić information content (AvgIpc) is 2.55. The zero-order chi connectivity index (χ0) is 16.7. The molecular formula is C17H14F2N2O2. The molecule has 4 nitrogen and oxygen atoms in total. The highest BCUT2D eigenvalue weighted by Crippen LogP contribution is 2.19. The van der Waals surface area contributed by atoms with Crippen molar-refractivity contribution in [1.82, 2.24) is 0 Å². The van der Waals surface area contributed by atoms with Crippen LogP contribution in [0.1, 0.15) is 6.42 Å². The van der Waals surface area contributed by atoms with Gasteiger partial charge in [-0.2, -0.15) is 5.26 Å². The van der Waals surface area contributed by atoms with Crippen molar-refractivity contribution in [1.29, 1.82) is 5.26 Å². The summed E-state index contributed by atoms with van der Waals surface area (Å²) in [5, 5.41) is 8.71. The molecule has 0 fully saturated rings. The minimum absolute atomic E-state index is 0.158. The van der Waals surface area contributed by atoms with Gasteiger partial charge in [-0.05, 0) is 24.3 Å². The third kappa shape index (κ3) is 4.51. The van der Waals surface area contributed by atoms with E-state index < -0.39 is 24.1 Å². The predicted molar refractivity (Wildman–Crippen MR) is 80.9 cm³/mol. The second-order valence-corrected chi connectivity index (χ2v) is 4.65. The van der Waals surface area contributed by atoms with Crippen LogP contribution in [0, 0.1) is 23.0 Å². The van der Waals surface area contributed by atoms with Gasteiger partial charge in [0.15, 0.2) is 18.2 Å². The lowest BCUT2D eigenvalue weighted by molar-refractivity contribution is -0.120. The highest BCUT2D eigenvalue weighted by Gasteiger charge is 2.17. The van der Waals surface area contributed by atoms with Gasteiger partial charge < -0.3 is 9.64 Å². The van der Waals surface area contributed by atoms with Crippen molar-refractivity contribution in [2.45, 2.75) is 6.42 Å². The van der Waals surface area contributed by atoms with E-state index in [0.717, 1.165) is 12.1 Å². The van der Waals surface area contributed by atoms with Gasteiger partial charge in [-0.25, -0.2) is 8.78 Å². The fourth-order valence-corrected chi connectivity index (χ4v) is 1.98. The normalized spacial score (nSPS) is 9.96. The van der Waals surface area contributed by atoms with Crippen LogP contribution in [-0.4, -0.2) is 19.1 Å². The van der Waals surface area contributed by atoms with Gasteiger partial charge in [-0.1, -0.05) is 18.2 Å². The van der Waals surface area contributed by atoms with E-state index in [0.29, 0.717) is 11.8 Å². The molecule has 0 saturated carbocycles. The van der Waals surface area contributed by atoms with Crippen LogP contribution in [-0.2, 0) is 4.79 Å². The number of halogens is 2. The fraction of sp³-hybridized carbons (Fsp3) is 0.176. The summed E-state index contributed by atoms with van der Waals surface area (Å²) >= 11 is 0. The first-order valence-corrected chi connectivity index (χ1v) is 6.92. The van der Waals surface area contributed by atoms with Crippen molar-refractivity contribution < 1.29 is 18.3 Å². The molecule has 0 aliphatic rings. The summed E-state index contributed by atoms with van der Waals surface area (Å²) in [4.78, 5) is 13.7. The number of amides is 1. The number of ether oxygens (including phenoxy) is 1. The number of hydrogen-bond donors (Lipinski definition) is 0. The minimum atomic E-state index is -0.874. The molecule has 0 spiro atoms. The second-order valence-electron chi connectivity index (χ2n) is 4.65. The first-order valence-electron chi connectivity index (χ1n) is 6.92. The molecule has 0 atom stereocenters. The summed E-state index contributed by atoms with van der Waals surface area (Å²) in [6, 6.07) is 13.6. The van der Waals surface area contributed by atoms with E-state index in [1.54, 1.807) is 30.3 Å². The Morgan fingerprint density at radius 1 is 1.17 bits per heavy atom. The van der Waals surface area contributed by atoms with Crippen molar-refractivity contribution in [3.8, 4) is 11.8 Å². The second kappa shape index (κ2) is 7.90. The Morgan fingerprint density at radius 2 is 1.91 bits per heavy atom.